The fraction of sp³-hybridized carbons (Fsp3) is 0.514. The Morgan fingerprint density at radius 1 is 1.08 bits per heavy atom. The first kappa shape index (κ1) is 34.7. The number of pyridine rings is 1. The molecule has 2 N–H and O–H groups in total. The third-order valence-electron chi connectivity index (χ3n) is 10.5. The molecule has 15 heteroatoms. The highest BCUT2D eigenvalue weighted by Crippen LogP contribution is 2.66. The predicted octanol–water partition coefficient (Wildman–Crippen LogP) is 5.93. The lowest BCUT2D eigenvalue weighted by Crippen LogP contribution is -2.49. The van der Waals surface area contributed by atoms with Gasteiger partial charge in [-0.1, -0.05) is 43.6 Å². The van der Waals surface area contributed by atoms with Crippen molar-refractivity contribution in [1.29, 1.82) is 0 Å². The van der Waals surface area contributed by atoms with Gasteiger partial charge in [-0.2, -0.15) is 5.10 Å². The molecule has 3 saturated carbocycles. The summed E-state index contributed by atoms with van der Waals surface area (Å²) in [7, 11) is -3.66. The molecule has 1 amide bonds. The van der Waals surface area contributed by atoms with Gasteiger partial charge >= 0.3 is 0 Å². The summed E-state index contributed by atoms with van der Waals surface area (Å²) in [5, 5.41) is 6.48. The van der Waals surface area contributed by atoms with Crippen molar-refractivity contribution in [2.45, 2.75) is 87.1 Å². The summed E-state index contributed by atoms with van der Waals surface area (Å²) in [4.78, 5) is 18.0. The Balaban J connectivity index is 1.13. The van der Waals surface area contributed by atoms with Gasteiger partial charge in [0, 0.05) is 35.7 Å². The molecule has 50 heavy (non-hydrogen) atoms. The molecule has 2 heterocycles. The number of carbonyl (C=O) groups excluding carboxylic acids is 1. The number of fused-ring (bicyclic) bond motifs is 3. The highest BCUT2D eigenvalue weighted by Gasteiger charge is 2.75. The number of amides is 1. The summed E-state index contributed by atoms with van der Waals surface area (Å²) in [5.41, 5.74) is 0.895. The minimum absolute atomic E-state index is 0.0980. The van der Waals surface area contributed by atoms with Crippen molar-refractivity contribution in [3.05, 3.63) is 83.2 Å². The fourth-order valence-electron chi connectivity index (χ4n) is 8.19. The van der Waals surface area contributed by atoms with Gasteiger partial charge in [0.15, 0.2) is 0 Å². The molecule has 1 aromatic heterocycles. The second-order valence-corrected chi connectivity index (χ2v) is 15.8. The summed E-state index contributed by atoms with van der Waals surface area (Å²) in [6.07, 6.45) is 8.11. The first-order valence-electron chi connectivity index (χ1n) is 16.9. The van der Waals surface area contributed by atoms with E-state index < -0.39 is 87.3 Å². The van der Waals surface area contributed by atoms with Gasteiger partial charge in [0.25, 0.3) is 12.3 Å². The van der Waals surface area contributed by atoms with Crippen LogP contribution in [0.2, 0.25) is 0 Å². The minimum atomic E-state index is -3.66. The Kier molecular flexibility index (Phi) is 9.33. The topological polar surface area (TPSA) is 104 Å². The molecule has 3 fully saturated rings. The minimum Gasteiger partial charge on any atom is -0.346 e. The van der Waals surface area contributed by atoms with Crippen LogP contribution < -0.4 is 10.0 Å². The maximum absolute atomic E-state index is 15.2. The molecule has 1 aliphatic heterocycles. The number of benzene rings is 1. The molecule has 0 spiro atoms. The third-order valence-corrected chi connectivity index (χ3v) is 12.3. The van der Waals surface area contributed by atoms with Crippen LogP contribution in [0.4, 0.5) is 26.3 Å². The number of rotatable bonds is 11. The molecular weight excluding hydrogens is 684 g/mol. The van der Waals surface area contributed by atoms with E-state index in [-0.39, 0.29) is 36.6 Å². The highest BCUT2D eigenvalue weighted by atomic mass is 32.2. The van der Waals surface area contributed by atoms with Crippen LogP contribution in [0, 0.1) is 29.4 Å². The maximum Gasteiger partial charge on any atom is 0.278 e. The zero-order chi connectivity index (χ0) is 35.4. The van der Waals surface area contributed by atoms with Gasteiger partial charge in [-0.3, -0.25) is 14.8 Å². The Hall–Kier alpha value is -3.72. The summed E-state index contributed by atoms with van der Waals surface area (Å²) in [6.45, 7) is -0.751. The number of halogens is 6. The monoisotopic (exact) mass is 721 g/mol. The molecule has 0 saturated heterocycles. The van der Waals surface area contributed by atoms with Gasteiger partial charge < -0.3 is 5.32 Å². The van der Waals surface area contributed by atoms with Crippen LogP contribution in [0.15, 0.2) is 59.9 Å². The van der Waals surface area contributed by atoms with Gasteiger partial charge in [-0.15, -0.1) is 0 Å². The summed E-state index contributed by atoms with van der Waals surface area (Å²) in [5.74, 6) is -8.63. The van der Waals surface area contributed by atoms with Crippen molar-refractivity contribution in [3.8, 4) is 0 Å². The molecule has 5 unspecified atom stereocenters. The van der Waals surface area contributed by atoms with Crippen molar-refractivity contribution in [2.75, 3.05) is 6.54 Å². The Bertz CT molecular complexity index is 1830. The standard InChI is InChI=1S/C35H37F6N5O3S/c36-21-13-19(14-22(37)16-21)15-28(43-29(47)18-46-33-30(32(44-46)34(38)39)26-17-27(26)35(33,40)41)31-25(7-4-12-42-31)20-8-10-24(11-9-20)50(48,49)45-23-5-2-1-3-6-23/h4,7-10,12-14,16,23-24,26-28,30,33-34,45H,1-3,5-6,11,15,17-18H2,(H,43,47)/t24?,26?,27?,28-,30?,33?/m0/s1. The van der Waals surface area contributed by atoms with Crippen molar-refractivity contribution >= 4 is 27.2 Å². The fourth-order valence-corrected chi connectivity index (χ4v) is 9.70. The van der Waals surface area contributed by atoms with Crippen LogP contribution in [0.3, 0.4) is 0 Å². The van der Waals surface area contributed by atoms with Crippen LogP contribution in [-0.4, -0.2) is 66.3 Å². The van der Waals surface area contributed by atoms with Gasteiger partial charge in [0.2, 0.25) is 15.9 Å². The quantitative estimate of drug-likeness (QED) is 0.280. The largest absolute Gasteiger partial charge is 0.346 e. The number of carbonyl (C=O) groups is 1. The number of hydrogen-bond acceptors (Lipinski definition) is 6. The molecule has 2 aromatic rings. The first-order valence-corrected chi connectivity index (χ1v) is 18.5. The van der Waals surface area contributed by atoms with E-state index in [0.29, 0.717) is 17.2 Å². The lowest BCUT2D eigenvalue weighted by atomic mass is 9.92. The van der Waals surface area contributed by atoms with E-state index in [0.717, 1.165) is 49.2 Å². The Morgan fingerprint density at radius 3 is 2.50 bits per heavy atom. The third kappa shape index (κ3) is 6.82. The Morgan fingerprint density at radius 2 is 1.82 bits per heavy atom. The van der Waals surface area contributed by atoms with E-state index >= 15 is 8.78 Å². The molecule has 7 rings (SSSR count). The van der Waals surface area contributed by atoms with E-state index in [2.05, 4.69) is 20.1 Å². The number of sulfonamides is 1. The molecule has 0 radical (unpaired) electrons. The predicted molar refractivity (Wildman–Crippen MR) is 174 cm³/mol. The number of allylic oxidation sites excluding steroid dienone is 3. The maximum atomic E-state index is 15.2. The molecule has 268 valence electrons. The lowest BCUT2D eigenvalue weighted by molar-refractivity contribution is -0.127. The first-order chi connectivity index (χ1) is 23.8. The van der Waals surface area contributed by atoms with Gasteiger partial charge in [0.1, 0.15) is 29.9 Å². The average Bonchev–Trinajstić information content (AvgIpc) is 3.73. The molecular formula is C35H37F6N5O3S. The number of nitrogens with one attached hydrogen (secondary N) is 2. The molecule has 8 nitrogen and oxygen atoms in total. The van der Waals surface area contributed by atoms with Gasteiger partial charge in [-0.05, 0) is 67.4 Å². The number of aromatic nitrogens is 1. The van der Waals surface area contributed by atoms with Crippen LogP contribution in [0.25, 0.3) is 5.57 Å². The zero-order valence-electron chi connectivity index (χ0n) is 26.9. The Labute approximate surface area is 286 Å². The summed E-state index contributed by atoms with van der Waals surface area (Å²) < 4.78 is 116. The SMILES string of the molecule is O=C(CN1N=C(C(F)F)C2C3CC3C(F)(F)C21)N[C@@H](Cc1cc(F)cc(F)c1)c1ncccc1C1=CCC(S(=O)(=O)NC2CCCCC2)C=C1. The number of hydrogen-bond donors (Lipinski definition) is 2. The van der Waals surface area contributed by atoms with Crippen LogP contribution in [-0.2, 0) is 21.2 Å². The number of alkyl halides is 4. The van der Waals surface area contributed by atoms with Crippen molar-refractivity contribution in [1.82, 2.24) is 20.0 Å². The number of hydrazone groups is 1. The average molecular weight is 722 g/mol. The van der Waals surface area contributed by atoms with Crippen LogP contribution >= 0.6 is 0 Å². The van der Waals surface area contributed by atoms with E-state index in [1.54, 1.807) is 30.4 Å². The van der Waals surface area contributed by atoms with Crippen molar-refractivity contribution < 1.29 is 39.6 Å². The van der Waals surface area contributed by atoms with Crippen LogP contribution in [0.1, 0.15) is 67.8 Å². The van der Waals surface area contributed by atoms with E-state index in [1.807, 2.05) is 0 Å². The van der Waals surface area contributed by atoms with E-state index in [1.165, 1.54) is 6.20 Å². The normalized spacial score (nSPS) is 27.8. The molecule has 1 aromatic carbocycles. The van der Waals surface area contributed by atoms with Crippen molar-refractivity contribution in [2.24, 2.45) is 22.9 Å². The summed E-state index contributed by atoms with van der Waals surface area (Å²) >= 11 is 0. The van der Waals surface area contributed by atoms with Gasteiger partial charge in [0.05, 0.1) is 17.0 Å². The number of nitrogens with zero attached hydrogens (tertiary/aromatic N) is 3. The summed E-state index contributed by atoms with van der Waals surface area (Å²) in [6, 6.07) is 3.40. The highest BCUT2D eigenvalue weighted by molar-refractivity contribution is 7.90. The van der Waals surface area contributed by atoms with Crippen LogP contribution in [0.5, 0.6) is 0 Å². The zero-order valence-corrected chi connectivity index (χ0v) is 27.7. The lowest BCUT2D eigenvalue weighted by Gasteiger charge is -2.30. The molecule has 0 bridgehead atoms. The molecule has 5 aliphatic rings. The van der Waals surface area contributed by atoms with Crippen molar-refractivity contribution in [3.63, 3.8) is 0 Å². The molecule has 4 aliphatic carbocycles. The van der Waals surface area contributed by atoms with E-state index in [4.69, 9.17) is 0 Å². The second kappa shape index (κ2) is 13.4. The smallest absolute Gasteiger partial charge is 0.278 e. The molecule has 6 atom stereocenters. The van der Waals surface area contributed by atoms with Gasteiger partial charge in [-0.25, -0.2) is 39.5 Å². The second-order valence-electron chi connectivity index (χ2n) is 13.9. The van der Waals surface area contributed by atoms with E-state index in [9.17, 15) is 30.8 Å².